The van der Waals surface area contributed by atoms with Crippen molar-refractivity contribution in [1.82, 2.24) is 4.72 Å². The second kappa shape index (κ2) is 8.46. The maximum Gasteiger partial charge on any atom is 0.417 e. The van der Waals surface area contributed by atoms with Crippen LogP contribution in [0.15, 0.2) is 35.2 Å². The molecule has 0 aliphatic heterocycles. The summed E-state index contributed by atoms with van der Waals surface area (Å²) in [4.78, 5) is -0.566. The molecule has 6 nitrogen and oxygen atoms in total. The molecule has 0 radical (unpaired) electrons. The van der Waals surface area contributed by atoms with Crippen LogP contribution >= 0.6 is 11.6 Å². The molecule has 2 rings (SSSR count). The molecule has 154 valence electrons. The lowest BCUT2D eigenvalue weighted by atomic mass is 10.1. The Hall–Kier alpha value is -2.17. The first kappa shape index (κ1) is 22.1. The van der Waals surface area contributed by atoms with Crippen molar-refractivity contribution in [2.24, 2.45) is 0 Å². The highest BCUT2D eigenvalue weighted by molar-refractivity contribution is 7.89. The van der Waals surface area contributed by atoms with Gasteiger partial charge in [-0.05, 0) is 24.3 Å². The quantitative estimate of drug-likeness (QED) is 0.709. The summed E-state index contributed by atoms with van der Waals surface area (Å²) in [5, 5.41) is -0.590. The van der Waals surface area contributed by atoms with Crippen molar-refractivity contribution in [1.29, 1.82) is 0 Å². The van der Waals surface area contributed by atoms with E-state index in [4.69, 9.17) is 25.8 Å². The van der Waals surface area contributed by atoms with Crippen LogP contribution in [0.5, 0.6) is 17.2 Å². The molecule has 0 aromatic heterocycles. The highest BCUT2D eigenvalue weighted by atomic mass is 35.5. The highest BCUT2D eigenvalue weighted by Gasteiger charge is 2.34. The van der Waals surface area contributed by atoms with E-state index < -0.39 is 31.7 Å². The van der Waals surface area contributed by atoms with Gasteiger partial charge in [0.2, 0.25) is 10.0 Å². The smallest absolute Gasteiger partial charge is 0.417 e. The third kappa shape index (κ3) is 4.81. The van der Waals surface area contributed by atoms with E-state index in [9.17, 15) is 21.6 Å². The van der Waals surface area contributed by atoms with Crippen molar-refractivity contribution >= 4 is 21.6 Å². The van der Waals surface area contributed by atoms with Crippen LogP contribution in [-0.4, -0.2) is 29.7 Å². The summed E-state index contributed by atoms with van der Waals surface area (Å²) in [5.41, 5.74) is -0.838. The molecule has 0 saturated carbocycles. The maximum atomic E-state index is 13.0. The molecule has 0 aliphatic rings. The number of hydrogen-bond donors (Lipinski definition) is 1. The zero-order valence-corrected chi connectivity index (χ0v) is 16.6. The predicted molar refractivity (Wildman–Crippen MR) is 96.6 cm³/mol. The van der Waals surface area contributed by atoms with Crippen molar-refractivity contribution in [3.05, 3.63) is 46.5 Å². The van der Waals surface area contributed by atoms with Crippen LogP contribution in [-0.2, 0) is 22.7 Å². The van der Waals surface area contributed by atoms with Gasteiger partial charge in [0.1, 0.15) is 5.75 Å². The summed E-state index contributed by atoms with van der Waals surface area (Å²) < 4.78 is 81.6. The summed E-state index contributed by atoms with van der Waals surface area (Å²) in [6.07, 6.45) is -4.78. The SMILES string of the molecule is COc1cc(OC)c(OC)cc1CNS(=O)(=O)c1ccc(Cl)c(C(F)(F)F)c1. The molecule has 0 spiro atoms. The highest BCUT2D eigenvalue weighted by Crippen LogP contribution is 2.37. The topological polar surface area (TPSA) is 73.9 Å². The maximum absolute atomic E-state index is 13.0. The molecular weight excluding hydrogens is 423 g/mol. The van der Waals surface area contributed by atoms with Crippen LogP contribution in [0, 0.1) is 0 Å². The normalized spacial score (nSPS) is 12.0. The van der Waals surface area contributed by atoms with Crippen LogP contribution < -0.4 is 18.9 Å². The van der Waals surface area contributed by atoms with Gasteiger partial charge < -0.3 is 14.2 Å². The second-order valence-electron chi connectivity index (χ2n) is 5.48. The van der Waals surface area contributed by atoms with Gasteiger partial charge in [0.05, 0.1) is 36.8 Å². The molecule has 0 saturated heterocycles. The summed E-state index contributed by atoms with van der Waals surface area (Å²) in [7, 11) is -0.0351. The van der Waals surface area contributed by atoms with Crippen LogP contribution in [0.4, 0.5) is 13.2 Å². The summed E-state index contributed by atoms with van der Waals surface area (Å²) in [5.74, 6) is 1.02. The van der Waals surface area contributed by atoms with E-state index in [0.29, 0.717) is 28.9 Å². The Kier molecular flexibility index (Phi) is 6.68. The zero-order valence-electron chi connectivity index (χ0n) is 15.1. The molecule has 2 aromatic carbocycles. The first-order valence-corrected chi connectivity index (χ1v) is 9.55. The molecule has 1 N–H and O–H groups in total. The van der Waals surface area contributed by atoms with Gasteiger partial charge in [-0.2, -0.15) is 13.2 Å². The average molecular weight is 440 g/mol. The monoisotopic (exact) mass is 439 g/mol. The standard InChI is InChI=1S/C17H17ClF3NO5S/c1-25-14-8-16(27-3)15(26-2)6-10(14)9-22-28(23,24)11-4-5-13(18)12(7-11)17(19,20)21/h4-8,22H,9H2,1-3H3. The van der Waals surface area contributed by atoms with E-state index >= 15 is 0 Å². The molecule has 0 unspecified atom stereocenters. The molecule has 0 atom stereocenters. The van der Waals surface area contributed by atoms with Crippen LogP contribution in [0.1, 0.15) is 11.1 Å². The Morgan fingerprint density at radius 2 is 1.54 bits per heavy atom. The van der Waals surface area contributed by atoms with Gasteiger partial charge in [0.25, 0.3) is 0 Å². The van der Waals surface area contributed by atoms with Gasteiger partial charge in [-0.25, -0.2) is 13.1 Å². The van der Waals surface area contributed by atoms with Crippen molar-refractivity contribution in [2.75, 3.05) is 21.3 Å². The molecule has 28 heavy (non-hydrogen) atoms. The van der Waals surface area contributed by atoms with Gasteiger partial charge in [0.15, 0.2) is 11.5 Å². The number of ether oxygens (including phenoxy) is 3. The second-order valence-corrected chi connectivity index (χ2v) is 7.66. The molecule has 0 aliphatic carbocycles. The van der Waals surface area contributed by atoms with E-state index in [1.54, 1.807) is 0 Å². The number of methoxy groups -OCH3 is 3. The fourth-order valence-corrected chi connectivity index (χ4v) is 3.63. The molecule has 11 heteroatoms. The summed E-state index contributed by atoms with van der Waals surface area (Å²) in [6.45, 7) is -0.254. The number of alkyl halides is 3. The fourth-order valence-electron chi connectivity index (χ4n) is 2.38. The predicted octanol–water partition coefficient (Wildman–Crippen LogP) is 3.86. The van der Waals surface area contributed by atoms with Gasteiger partial charge in [0, 0.05) is 18.2 Å². The number of nitrogens with one attached hydrogen (secondary N) is 1. The Bertz CT molecular complexity index is 964. The lowest BCUT2D eigenvalue weighted by Crippen LogP contribution is -2.24. The zero-order chi connectivity index (χ0) is 21.1. The number of sulfonamides is 1. The van der Waals surface area contributed by atoms with E-state index in [-0.39, 0.29) is 6.54 Å². The molecule has 0 fully saturated rings. The summed E-state index contributed by atoms with van der Waals surface area (Å²) >= 11 is 5.53. The largest absolute Gasteiger partial charge is 0.496 e. The van der Waals surface area contributed by atoms with Crippen LogP contribution in [0.3, 0.4) is 0 Å². The van der Waals surface area contributed by atoms with Crippen molar-refractivity contribution in [3.63, 3.8) is 0 Å². The number of benzene rings is 2. The Morgan fingerprint density at radius 3 is 2.07 bits per heavy atom. The third-order valence-electron chi connectivity index (χ3n) is 3.79. The molecule has 0 heterocycles. The Morgan fingerprint density at radius 1 is 0.964 bits per heavy atom. The van der Waals surface area contributed by atoms with E-state index in [1.807, 2.05) is 0 Å². The van der Waals surface area contributed by atoms with Crippen molar-refractivity contribution in [2.45, 2.75) is 17.6 Å². The number of hydrogen-bond acceptors (Lipinski definition) is 5. The minimum absolute atomic E-state index is 0.254. The third-order valence-corrected chi connectivity index (χ3v) is 5.52. The first-order valence-electron chi connectivity index (χ1n) is 7.68. The lowest BCUT2D eigenvalue weighted by Gasteiger charge is -2.15. The average Bonchev–Trinajstić information content (AvgIpc) is 2.64. The van der Waals surface area contributed by atoms with Crippen LogP contribution in [0.2, 0.25) is 5.02 Å². The fraction of sp³-hybridized carbons (Fsp3) is 0.294. The van der Waals surface area contributed by atoms with Gasteiger partial charge in [-0.1, -0.05) is 11.6 Å². The molecular formula is C17H17ClF3NO5S. The van der Waals surface area contributed by atoms with E-state index in [0.717, 1.165) is 12.1 Å². The molecule has 0 bridgehead atoms. The van der Waals surface area contributed by atoms with Gasteiger partial charge in [-0.15, -0.1) is 0 Å². The minimum Gasteiger partial charge on any atom is -0.496 e. The Balaban J connectivity index is 2.34. The van der Waals surface area contributed by atoms with Gasteiger partial charge >= 0.3 is 6.18 Å². The number of halogens is 4. The van der Waals surface area contributed by atoms with E-state index in [2.05, 4.69) is 4.72 Å². The Labute approximate surface area is 165 Å². The van der Waals surface area contributed by atoms with Crippen molar-refractivity contribution in [3.8, 4) is 17.2 Å². The molecule has 2 aromatic rings. The van der Waals surface area contributed by atoms with Crippen LogP contribution in [0.25, 0.3) is 0 Å². The van der Waals surface area contributed by atoms with E-state index in [1.165, 1.54) is 33.5 Å². The van der Waals surface area contributed by atoms with Crippen molar-refractivity contribution < 1.29 is 35.8 Å². The number of rotatable bonds is 7. The summed E-state index contributed by atoms with van der Waals surface area (Å²) in [6, 6.07) is 5.37. The lowest BCUT2D eigenvalue weighted by molar-refractivity contribution is -0.137. The minimum atomic E-state index is -4.78. The van der Waals surface area contributed by atoms with Gasteiger partial charge in [-0.3, -0.25) is 0 Å². The molecule has 0 amide bonds. The first-order chi connectivity index (χ1) is 13.0.